The minimum Gasteiger partial charge on any atom is -0.497 e. The number of amides is 1. The maximum absolute atomic E-state index is 12.8. The molecule has 0 unspecified atom stereocenters. The van der Waals surface area contributed by atoms with Gasteiger partial charge in [-0.2, -0.15) is 4.31 Å². The number of hydrogen-bond donors (Lipinski definition) is 0. The Morgan fingerprint density at radius 3 is 2.07 bits per heavy atom. The minimum atomic E-state index is -3.70. The number of hydrogen-bond acceptors (Lipinski definition) is 5. The molecule has 0 atom stereocenters. The molecule has 3 rings (SSSR count). The molecule has 9 heteroatoms. The molecule has 1 saturated heterocycles. The first-order valence-corrected chi connectivity index (χ1v) is 10.5. The van der Waals surface area contributed by atoms with Gasteiger partial charge in [-0.1, -0.05) is 23.7 Å². The summed E-state index contributed by atoms with van der Waals surface area (Å²) in [4.78, 5) is 14.5. The molecule has 1 amide bonds. The number of ether oxygens (including phenoxy) is 2. The first-order valence-electron chi connectivity index (χ1n) is 8.64. The Kier molecular flexibility index (Phi) is 6.12. The molecule has 0 saturated carbocycles. The minimum absolute atomic E-state index is 0.0778. The number of carbonyl (C=O) groups is 1. The van der Waals surface area contributed by atoms with Crippen LogP contribution in [0.1, 0.15) is 10.4 Å². The lowest BCUT2D eigenvalue weighted by molar-refractivity contribution is 0.0697. The van der Waals surface area contributed by atoms with Crippen molar-refractivity contribution in [1.82, 2.24) is 9.21 Å². The van der Waals surface area contributed by atoms with Gasteiger partial charge in [0.05, 0.1) is 19.2 Å². The lowest BCUT2D eigenvalue weighted by Gasteiger charge is -2.34. The second-order valence-corrected chi connectivity index (χ2v) is 8.54. The molecular formula is C19H21ClN2O5S. The molecule has 1 fully saturated rings. The summed E-state index contributed by atoms with van der Waals surface area (Å²) in [6, 6.07) is 11.3. The molecule has 0 spiro atoms. The lowest BCUT2D eigenvalue weighted by Crippen LogP contribution is -2.50. The monoisotopic (exact) mass is 424 g/mol. The molecule has 0 N–H and O–H groups in total. The van der Waals surface area contributed by atoms with Crippen LogP contribution in [0.3, 0.4) is 0 Å². The van der Waals surface area contributed by atoms with Gasteiger partial charge >= 0.3 is 0 Å². The maximum Gasteiger partial charge on any atom is 0.254 e. The van der Waals surface area contributed by atoms with Crippen LogP contribution < -0.4 is 9.47 Å². The Labute approximate surface area is 169 Å². The third-order valence-electron chi connectivity index (χ3n) is 4.58. The van der Waals surface area contributed by atoms with Gasteiger partial charge in [-0.05, 0) is 24.3 Å². The van der Waals surface area contributed by atoms with E-state index in [-0.39, 0.29) is 42.0 Å². The number of halogens is 1. The molecule has 2 aromatic carbocycles. The highest BCUT2D eigenvalue weighted by atomic mass is 35.5. The molecule has 1 heterocycles. The van der Waals surface area contributed by atoms with Crippen molar-refractivity contribution in [2.75, 3.05) is 40.4 Å². The highest BCUT2D eigenvalue weighted by Crippen LogP contribution is 2.26. The molecule has 2 aromatic rings. The summed E-state index contributed by atoms with van der Waals surface area (Å²) in [6.45, 7) is 0.949. The Hall–Kier alpha value is -2.29. The van der Waals surface area contributed by atoms with Crippen molar-refractivity contribution in [2.24, 2.45) is 0 Å². The predicted octanol–water partition coefficient (Wildman–Crippen LogP) is 2.50. The van der Waals surface area contributed by atoms with E-state index in [1.165, 1.54) is 24.6 Å². The van der Waals surface area contributed by atoms with E-state index in [2.05, 4.69) is 0 Å². The van der Waals surface area contributed by atoms with E-state index < -0.39 is 10.0 Å². The van der Waals surface area contributed by atoms with E-state index in [0.717, 1.165) is 0 Å². The summed E-state index contributed by atoms with van der Waals surface area (Å²) in [5.74, 6) is 0.831. The average molecular weight is 425 g/mol. The van der Waals surface area contributed by atoms with Crippen molar-refractivity contribution in [3.63, 3.8) is 0 Å². The number of rotatable bonds is 5. The molecule has 7 nitrogen and oxygen atoms in total. The highest BCUT2D eigenvalue weighted by Gasteiger charge is 2.31. The van der Waals surface area contributed by atoms with Crippen molar-refractivity contribution in [3.8, 4) is 11.5 Å². The molecule has 0 radical (unpaired) electrons. The molecule has 0 bridgehead atoms. The van der Waals surface area contributed by atoms with Crippen LogP contribution in [0.25, 0.3) is 0 Å². The number of piperazine rings is 1. The fraction of sp³-hybridized carbons (Fsp3) is 0.316. The van der Waals surface area contributed by atoms with E-state index in [1.807, 2.05) is 0 Å². The number of benzene rings is 2. The van der Waals surface area contributed by atoms with Gasteiger partial charge in [-0.3, -0.25) is 4.79 Å². The number of nitrogens with zero attached hydrogens (tertiary/aromatic N) is 2. The van der Waals surface area contributed by atoms with Gasteiger partial charge in [-0.15, -0.1) is 0 Å². The van der Waals surface area contributed by atoms with Crippen molar-refractivity contribution in [3.05, 3.63) is 53.1 Å². The zero-order chi connectivity index (χ0) is 20.3. The predicted molar refractivity (Wildman–Crippen MR) is 106 cm³/mol. The number of methoxy groups -OCH3 is 2. The van der Waals surface area contributed by atoms with Crippen LogP contribution in [0.4, 0.5) is 0 Å². The largest absolute Gasteiger partial charge is 0.497 e. The van der Waals surface area contributed by atoms with Crippen molar-refractivity contribution >= 4 is 27.5 Å². The Morgan fingerprint density at radius 1 is 0.964 bits per heavy atom. The average Bonchev–Trinajstić information content (AvgIpc) is 2.73. The summed E-state index contributed by atoms with van der Waals surface area (Å²) in [5.41, 5.74) is 0.429. The second kappa shape index (κ2) is 8.38. The first kappa shape index (κ1) is 20.4. The summed E-state index contributed by atoms with van der Waals surface area (Å²) in [7, 11) is -0.674. The third kappa shape index (κ3) is 4.09. The molecular weight excluding hydrogens is 404 g/mol. The second-order valence-electron chi connectivity index (χ2n) is 6.23. The Bertz CT molecular complexity index is 950. The SMILES string of the molecule is COc1cc(OC)cc(C(=O)N2CCN(S(=O)(=O)c3ccccc3Cl)CC2)c1. The van der Waals surface area contributed by atoms with Gasteiger partial charge in [0.1, 0.15) is 16.4 Å². The topological polar surface area (TPSA) is 76.2 Å². The molecule has 150 valence electrons. The normalized spacial score (nSPS) is 15.3. The summed E-state index contributed by atoms with van der Waals surface area (Å²) >= 11 is 6.05. The van der Waals surface area contributed by atoms with E-state index in [4.69, 9.17) is 21.1 Å². The van der Waals surface area contributed by atoms with Crippen LogP contribution in [0.2, 0.25) is 5.02 Å². The van der Waals surface area contributed by atoms with Crippen molar-refractivity contribution in [2.45, 2.75) is 4.90 Å². The van der Waals surface area contributed by atoms with Crippen LogP contribution in [0.5, 0.6) is 11.5 Å². The van der Waals surface area contributed by atoms with Gasteiger partial charge in [0.2, 0.25) is 10.0 Å². The standard InChI is InChI=1S/C19H21ClN2O5S/c1-26-15-11-14(12-16(13-15)27-2)19(23)21-7-9-22(10-8-21)28(24,25)18-6-4-3-5-17(18)20/h3-6,11-13H,7-10H2,1-2H3. The Balaban J connectivity index is 1.73. The smallest absolute Gasteiger partial charge is 0.254 e. The van der Waals surface area contributed by atoms with Crippen molar-refractivity contribution in [1.29, 1.82) is 0 Å². The van der Waals surface area contributed by atoms with E-state index in [0.29, 0.717) is 17.1 Å². The zero-order valence-electron chi connectivity index (χ0n) is 15.6. The van der Waals surface area contributed by atoms with E-state index >= 15 is 0 Å². The van der Waals surface area contributed by atoms with Gasteiger partial charge in [0.25, 0.3) is 5.91 Å². The van der Waals surface area contributed by atoms with E-state index in [9.17, 15) is 13.2 Å². The third-order valence-corrected chi connectivity index (χ3v) is 6.98. The first-order chi connectivity index (χ1) is 13.4. The summed E-state index contributed by atoms with van der Waals surface area (Å²) in [5, 5.41) is 0.185. The van der Waals surface area contributed by atoms with Crippen LogP contribution in [0, 0.1) is 0 Å². The summed E-state index contributed by atoms with van der Waals surface area (Å²) in [6.07, 6.45) is 0. The fourth-order valence-electron chi connectivity index (χ4n) is 3.04. The van der Waals surface area contributed by atoms with Crippen LogP contribution >= 0.6 is 11.6 Å². The lowest BCUT2D eigenvalue weighted by atomic mass is 10.1. The molecule has 1 aliphatic heterocycles. The van der Waals surface area contributed by atoms with Gasteiger partial charge < -0.3 is 14.4 Å². The number of sulfonamides is 1. The highest BCUT2D eigenvalue weighted by molar-refractivity contribution is 7.89. The molecule has 1 aliphatic rings. The maximum atomic E-state index is 12.8. The zero-order valence-corrected chi connectivity index (χ0v) is 17.2. The molecule has 28 heavy (non-hydrogen) atoms. The summed E-state index contributed by atoms with van der Waals surface area (Å²) < 4.78 is 37.4. The quantitative estimate of drug-likeness (QED) is 0.737. The number of carbonyl (C=O) groups excluding carboxylic acids is 1. The molecule has 0 aliphatic carbocycles. The van der Waals surface area contributed by atoms with Crippen molar-refractivity contribution < 1.29 is 22.7 Å². The van der Waals surface area contributed by atoms with Crippen LogP contribution in [-0.4, -0.2) is 63.9 Å². The Morgan fingerprint density at radius 2 is 1.54 bits per heavy atom. The van der Waals surface area contributed by atoms with Crippen LogP contribution in [-0.2, 0) is 10.0 Å². The molecule has 0 aromatic heterocycles. The van der Waals surface area contributed by atoms with Gasteiger partial charge in [-0.25, -0.2) is 8.42 Å². The van der Waals surface area contributed by atoms with E-state index in [1.54, 1.807) is 41.3 Å². The fourth-order valence-corrected chi connectivity index (χ4v) is 4.95. The van der Waals surface area contributed by atoms with Gasteiger partial charge in [0.15, 0.2) is 0 Å². The van der Waals surface area contributed by atoms with Crippen LogP contribution in [0.15, 0.2) is 47.4 Å². The van der Waals surface area contributed by atoms with Gasteiger partial charge in [0, 0.05) is 37.8 Å².